The van der Waals surface area contributed by atoms with E-state index in [1.54, 1.807) is 6.07 Å². The number of hydrogen-bond acceptors (Lipinski definition) is 3. The van der Waals surface area contributed by atoms with Crippen LogP contribution in [0.15, 0.2) is 47.6 Å². The first-order valence-electron chi connectivity index (χ1n) is 6.42. The summed E-state index contributed by atoms with van der Waals surface area (Å²) in [5, 5.41) is 9.94. The Hall–Kier alpha value is -2.32. The van der Waals surface area contributed by atoms with Gasteiger partial charge in [0.25, 0.3) is 0 Å². The minimum atomic E-state index is -0.386. The van der Waals surface area contributed by atoms with Crippen molar-refractivity contribution in [1.82, 2.24) is 9.55 Å². The fraction of sp³-hybridized carbons (Fsp3) is 0.125. The zero-order valence-corrected chi connectivity index (χ0v) is 12.2. The van der Waals surface area contributed by atoms with E-state index in [1.165, 1.54) is 23.9 Å². The second-order valence-corrected chi connectivity index (χ2v) is 5.59. The summed E-state index contributed by atoms with van der Waals surface area (Å²) < 4.78 is 15.2. The largest absolute Gasteiger partial charge is 0.322 e. The number of fused-ring (bicyclic) bond motifs is 1. The molecule has 0 aliphatic carbocycles. The van der Waals surface area contributed by atoms with E-state index in [4.69, 9.17) is 5.26 Å². The third-order valence-corrected chi connectivity index (χ3v) is 4.37. The van der Waals surface area contributed by atoms with E-state index < -0.39 is 0 Å². The van der Waals surface area contributed by atoms with Crippen molar-refractivity contribution in [1.29, 1.82) is 5.26 Å². The second kappa shape index (κ2) is 5.58. The highest BCUT2D eigenvalue weighted by Crippen LogP contribution is 2.26. The maximum absolute atomic E-state index is 13.1. The summed E-state index contributed by atoms with van der Waals surface area (Å²) >= 11 is 1.54. The van der Waals surface area contributed by atoms with Crippen molar-refractivity contribution < 1.29 is 4.39 Å². The Labute approximate surface area is 126 Å². The van der Waals surface area contributed by atoms with Gasteiger partial charge in [-0.15, -0.1) is 0 Å². The summed E-state index contributed by atoms with van der Waals surface area (Å²) in [4.78, 5) is 4.57. The minimum absolute atomic E-state index is 0.376. The highest BCUT2D eigenvalue weighted by molar-refractivity contribution is 7.98. The van der Waals surface area contributed by atoms with Crippen molar-refractivity contribution in [3.8, 4) is 6.07 Å². The molecule has 0 radical (unpaired) electrons. The van der Waals surface area contributed by atoms with Crippen LogP contribution in [0.1, 0.15) is 11.1 Å². The zero-order chi connectivity index (χ0) is 14.8. The Bertz CT molecular complexity index is 848. The van der Waals surface area contributed by atoms with E-state index in [1.807, 2.05) is 41.9 Å². The monoisotopic (exact) mass is 297 g/mol. The van der Waals surface area contributed by atoms with Crippen LogP contribution in [-0.2, 0) is 12.8 Å². The smallest absolute Gasteiger partial charge is 0.169 e. The Balaban J connectivity index is 1.87. The molecule has 0 fully saturated rings. The molecule has 0 aliphatic rings. The van der Waals surface area contributed by atoms with Crippen LogP contribution in [-0.4, -0.2) is 9.55 Å². The molecule has 0 N–H and O–H groups in total. The van der Waals surface area contributed by atoms with Crippen LogP contribution in [0.5, 0.6) is 0 Å². The molecule has 5 heteroatoms. The lowest BCUT2D eigenvalue weighted by molar-refractivity contribution is 0.627. The van der Waals surface area contributed by atoms with Gasteiger partial charge in [0.1, 0.15) is 5.82 Å². The summed E-state index contributed by atoms with van der Waals surface area (Å²) in [6.45, 7) is 0. The molecule has 3 nitrogen and oxygen atoms in total. The van der Waals surface area contributed by atoms with Crippen LogP contribution in [0.2, 0.25) is 0 Å². The van der Waals surface area contributed by atoms with Crippen LogP contribution in [0.25, 0.3) is 11.0 Å². The number of hydrogen-bond donors (Lipinski definition) is 0. The van der Waals surface area contributed by atoms with Gasteiger partial charge in [-0.05, 0) is 29.8 Å². The number of imidazole rings is 1. The van der Waals surface area contributed by atoms with Crippen LogP contribution in [0, 0.1) is 17.1 Å². The van der Waals surface area contributed by atoms with Crippen molar-refractivity contribution in [2.24, 2.45) is 7.05 Å². The van der Waals surface area contributed by atoms with Crippen molar-refractivity contribution >= 4 is 22.8 Å². The topological polar surface area (TPSA) is 41.6 Å². The van der Waals surface area contributed by atoms with Gasteiger partial charge < -0.3 is 4.57 Å². The van der Waals surface area contributed by atoms with Crippen molar-refractivity contribution in [2.45, 2.75) is 10.9 Å². The fourth-order valence-electron chi connectivity index (χ4n) is 2.17. The molecule has 21 heavy (non-hydrogen) atoms. The molecule has 0 unspecified atom stereocenters. The Morgan fingerprint density at radius 2 is 2.10 bits per heavy atom. The number of nitrogens with zero attached hydrogens (tertiary/aromatic N) is 3. The van der Waals surface area contributed by atoms with E-state index in [0.29, 0.717) is 11.3 Å². The Morgan fingerprint density at radius 3 is 2.86 bits per heavy atom. The van der Waals surface area contributed by atoms with Gasteiger partial charge in [0.15, 0.2) is 5.16 Å². The molecule has 0 spiro atoms. The zero-order valence-electron chi connectivity index (χ0n) is 11.4. The normalized spacial score (nSPS) is 10.7. The Kier molecular flexibility index (Phi) is 3.63. The lowest BCUT2D eigenvalue weighted by atomic mass is 10.1. The van der Waals surface area contributed by atoms with Crippen molar-refractivity contribution in [3.63, 3.8) is 0 Å². The molecule has 0 saturated carbocycles. The summed E-state index contributed by atoms with van der Waals surface area (Å²) in [6, 6.07) is 14.3. The minimum Gasteiger partial charge on any atom is -0.322 e. The van der Waals surface area contributed by atoms with Gasteiger partial charge >= 0.3 is 0 Å². The number of rotatable bonds is 3. The van der Waals surface area contributed by atoms with Crippen LogP contribution < -0.4 is 0 Å². The second-order valence-electron chi connectivity index (χ2n) is 4.64. The maximum Gasteiger partial charge on any atom is 0.169 e. The molecular weight excluding hydrogens is 285 g/mol. The van der Waals surface area contributed by atoms with Crippen LogP contribution in [0.4, 0.5) is 4.39 Å². The summed E-state index contributed by atoms with van der Waals surface area (Å²) in [6.07, 6.45) is 0. The van der Waals surface area contributed by atoms with Gasteiger partial charge in [0.2, 0.25) is 0 Å². The molecule has 0 amide bonds. The number of halogens is 1. The molecule has 0 atom stereocenters. The maximum atomic E-state index is 13.1. The van der Waals surface area contributed by atoms with Gasteiger partial charge in [0, 0.05) is 12.8 Å². The molecule has 0 saturated heterocycles. The molecule has 0 aliphatic heterocycles. The molecule has 3 aromatic rings. The predicted molar refractivity (Wildman–Crippen MR) is 81.4 cm³/mol. The first-order valence-corrected chi connectivity index (χ1v) is 7.40. The van der Waals surface area contributed by atoms with E-state index in [9.17, 15) is 4.39 Å². The number of benzene rings is 2. The Morgan fingerprint density at radius 1 is 1.29 bits per heavy atom. The average Bonchev–Trinajstić information content (AvgIpc) is 2.83. The molecule has 1 aromatic heterocycles. The summed E-state index contributed by atoms with van der Waals surface area (Å²) in [7, 11) is 1.97. The third kappa shape index (κ3) is 2.63. The van der Waals surface area contributed by atoms with E-state index >= 15 is 0 Å². The van der Waals surface area contributed by atoms with Gasteiger partial charge in [-0.2, -0.15) is 5.26 Å². The van der Waals surface area contributed by atoms with Crippen molar-refractivity contribution in [2.75, 3.05) is 0 Å². The summed E-state index contributed by atoms with van der Waals surface area (Å²) in [5.41, 5.74) is 3.21. The summed E-state index contributed by atoms with van der Waals surface area (Å²) in [5.74, 6) is 0.198. The third-order valence-electron chi connectivity index (χ3n) is 3.30. The number of para-hydroxylation sites is 2. The van der Waals surface area contributed by atoms with E-state index in [0.717, 1.165) is 21.8 Å². The first kappa shape index (κ1) is 13.7. The number of aryl methyl sites for hydroxylation is 1. The van der Waals surface area contributed by atoms with Gasteiger partial charge in [-0.3, -0.25) is 0 Å². The number of nitriles is 1. The lowest BCUT2D eigenvalue weighted by Gasteiger charge is -2.04. The highest BCUT2D eigenvalue weighted by atomic mass is 32.2. The SMILES string of the molecule is Cn1c(SCc2ccc(F)cc2C#N)nc2ccccc21. The fourth-order valence-corrected chi connectivity index (χ4v) is 3.16. The van der Waals surface area contributed by atoms with Gasteiger partial charge in [-0.1, -0.05) is 30.0 Å². The quantitative estimate of drug-likeness (QED) is 0.689. The molecular formula is C16H12FN3S. The molecule has 2 aromatic carbocycles. The lowest BCUT2D eigenvalue weighted by Crippen LogP contribution is -1.93. The predicted octanol–water partition coefficient (Wildman–Crippen LogP) is 3.88. The van der Waals surface area contributed by atoms with Crippen LogP contribution >= 0.6 is 11.8 Å². The van der Waals surface area contributed by atoms with Gasteiger partial charge in [-0.25, -0.2) is 9.37 Å². The number of aromatic nitrogens is 2. The molecule has 104 valence electrons. The van der Waals surface area contributed by atoms with Crippen molar-refractivity contribution in [3.05, 3.63) is 59.4 Å². The molecule has 1 heterocycles. The molecule has 3 rings (SSSR count). The average molecular weight is 297 g/mol. The first-order chi connectivity index (χ1) is 10.2. The highest BCUT2D eigenvalue weighted by Gasteiger charge is 2.10. The van der Waals surface area contributed by atoms with Crippen LogP contribution in [0.3, 0.4) is 0 Å². The number of thioether (sulfide) groups is 1. The van der Waals surface area contributed by atoms with E-state index in [-0.39, 0.29) is 5.82 Å². The molecule has 0 bridgehead atoms. The standard InChI is InChI=1S/C16H12FN3S/c1-20-15-5-3-2-4-14(15)19-16(20)21-10-11-6-7-13(17)8-12(11)9-18/h2-8H,10H2,1H3. The van der Waals surface area contributed by atoms with E-state index in [2.05, 4.69) is 4.98 Å². The van der Waals surface area contributed by atoms with Gasteiger partial charge in [0.05, 0.1) is 22.7 Å².